The molecule has 1 aliphatic heterocycles. The minimum atomic E-state index is 0. The van der Waals surface area contributed by atoms with Gasteiger partial charge in [-0.1, -0.05) is 19.1 Å². The number of carbonyl (C=O) groups is 1. The molecule has 5 nitrogen and oxygen atoms in total. The Hall–Kier alpha value is -2.08. The molecule has 1 N–H and O–H groups in total. The normalized spacial score (nSPS) is 15.7. The first-order valence-corrected chi connectivity index (χ1v) is 9.32. The molecule has 1 saturated heterocycles. The molecule has 4 rings (SSSR count). The number of rotatable bonds is 5. The topological polar surface area (TPSA) is 50.2 Å². The van der Waals surface area contributed by atoms with Gasteiger partial charge in [-0.3, -0.25) is 9.36 Å². The van der Waals surface area contributed by atoms with Crippen molar-refractivity contribution in [3.63, 3.8) is 0 Å². The SMILES string of the molecule is CCCN(C(=O)c1ccc(-n2cnc3ccccc32)cc1)C1CCNC1.Cl.Cl. The highest BCUT2D eigenvalue weighted by Gasteiger charge is 2.26. The van der Waals surface area contributed by atoms with Crippen molar-refractivity contribution in [3.05, 3.63) is 60.4 Å². The summed E-state index contributed by atoms with van der Waals surface area (Å²) in [6.45, 7) is 4.81. The first-order valence-electron chi connectivity index (χ1n) is 9.32. The van der Waals surface area contributed by atoms with Crippen LogP contribution in [0.5, 0.6) is 0 Å². The molecule has 2 heterocycles. The van der Waals surface area contributed by atoms with E-state index in [1.165, 1.54) is 0 Å². The quantitative estimate of drug-likeness (QED) is 0.676. The first kappa shape index (κ1) is 22.2. The van der Waals surface area contributed by atoms with Crippen LogP contribution in [0.1, 0.15) is 30.1 Å². The number of para-hydroxylation sites is 2. The van der Waals surface area contributed by atoms with Gasteiger partial charge in [-0.2, -0.15) is 0 Å². The number of hydrogen-bond acceptors (Lipinski definition) is 3. The Bertz CT molecular complexity index is 904. The third-order valence-corrected chi connectivity index (χ3v) is 5.05. The summed E-state index contributed by atoms with van der Waals surface area (Å²) in [4.78, 5) is 19.5. The first-order chi connectivity index (χ1) is 12.8. The maximum absolute atomic E-state index is 13.0. The van der Waals surface area contributed by atoms with E-state index >= 15 is 0 Å². The zero-order valence-corrected chi connectivity index (χ0v) is 17.5. The molecule has 150 valence electrons. The van der Waals surface area contributed by atoms with Gasteiger partial charge in [0.25, 0.3) is 5.91 Å². The number of benzene rings is 2. The summed E-state index contributed by atoms with van der Waals surface area (Å²) >= 11 is 0. The van der Waals surface area contributed by atoms with Crippen molar-refractivity contribution in [2.24, 2.45) is 0 Å². The fourth-order valence-corrected chi connectivity index (χ4v) is 3.69. The Labute approximate surface area is 178 Å². The maximum Gasteiger partial charge on any atom is 0.254 e. The number of halogens is 2. The highest BCUT2D eigenvalue weighted by molar-refractivity contribution is 5.94. The molecular formula is C21H26Cl2N4O. The second-order valence-corrected chi connectivity index (χ2v) is 6.80. The van der Waals surface area contributed by atoms with E-state index in [4.69, 9.17) is 0 Å². The molecular weight excluding hydrogens is 395 g/mol. The van der Waals surface area contributed by atoms with Crippen LogP contribution in [0.2, 0.25) is 0 Å². The van der Waals surface area contributed by atoms with E-state index in [-0.39, 0.29) is 30.7 Å². The molecule has 1 fully saturated rings. The molecule has 1 atom stereocenters. The number of aromatic nitrogens is 2. The van der Waals surface area contributed by atoms with Crippen LogP contribution in [0.25, 0.3) is 16.7 Å². The third kappa shape index (κ3) is 4.32. The monoisotopic (exact) mass is 420 g/mol. The van der Waals surface area contributed by atoms with Gasteiger partial charge in [-0.05, 0) is 55.8 Å². The lowest BCUT2D eigenvalue weighted by molar-refractivity contribution is 0.0692. The number of amides is 1. The molecule has 28 heavy (non-hydrogen) atoms. The number of nitrogens with zero attached hydrogens (tertiary/aromatic N) is 3. The number of nitrogens with one attached hydrogen (secondary N) is 1. The Kier molecular flexibility index (Phi) is 7.87. The predicted molar refractivity (Wildman–Crippen MR) is 118 cm³/mol. The average Bonchev–Trinajstić information content (AvgIpc) is 3.35. The molecule has 3 aromatic rings. The number of hydrogen-bond donors (Lipinski definition) is 1. The van der Waals surface area contributed by atoms with E-state index in [1.54, 1.807) is 0 Å². The second-order valence-electron chi connectivity index (χ2n) is 6.80. The summed E-state index contributed by atoms with van der Waals surface area (Å²) in [5, 5.41) is 3.36. The third-order valence-electron chi connectivity index (χ3n) is 5.05. The molecule has 1 amide bonds. The van der Waals surface area contributed by atoms with Gasteiger partial charge in [-0.15, -0.1) is 24.8 Å². The molecule has 0 bridgehead atoms. The zero-order valence-electron chi connectivity index (χ0n) is 15.9. The van der Waals surface area contributed by atoms with Crippen molar-refractivity contribution in [3.8, 4) is 5.69 Å². The van der Waals surface area contributed by atoms with E-state index in [0.29, 0.717) is 6.04 Å². The molecule has 2 aromatic carbocycles. The van der Waals surface area contributed by atoms with Crippen LogP contribution in [0.4, 0.5) is 0 Å². The minimum absolute atomic E-state index is 0. The highest BCUT2D eigenvalue weighted by atomic mass is 35.5. The van der Waals surface area contributed by atoms with Crippen LogP contribution in [0, 0.1) is 0 Å². The molecule has 1 aromatic heterocycles. The van der Waals surface area contributed by atoms with Gasteiger partial charge < -0.3 is 10.2 Å². The highest BCUT2D eigenvalue weighted by Crippen LogP contribution is 2.20. The van der Waals surface area contributed by atoms with Crippen molar-refractivity contribution in [1.82, 2.24) is 19.8 Å². The molecule has 7 heteroatoms. The van der Waals surface area contributed by atoms with Crippen molar-refractivity contribution >= 4 is 41.8 Å². The predicted octanol–water partition coefficient (Wildman–Crippen LogP) is 4.08. The van der Waals surface area contributed by atoms with Gasteiger partial charge in [0.05, 0.1) is 11.0 Å². The Morgan fingerprint density at radius 3 is 2.61 bits per heavy atom. The number of imidazole rings is 1. The van der Waals surface area contributed by atoms with E-state index in [0.717, 1.165) is 54.8 Å². The lowest BCUT2D eigenvalue weighted by atomic mass is 10.1. The van der Waals surface area contributed by atoms with E-state index in [2.05, 4.69) is 23.3 Å². The molecule has 0 radical (unpaired) electrons. The van der Waals surface area contributed by atoms with Crippen molar-refractivity contribution in [1.29, 1.82) is 0 Å². The number of fused-ring (bicyclic) bond motifs is 1. The molecule has 0 aliphatic carbocycles. The van der Waals surface area contributed by atoms with Crippen LogP contribution in [0.3, 0.4) is 0 Å². The summed E-state index contributed by atoms with van der Waals surface area (Å²) in [6, 6.07) is 16.2. The van der Waals surface area contributed by atoms with E-state index in [9.17, 15) is 4.79 Å². The van der Waals surface area contributed by atoms with Gasteiger partial charge in [0, 0.05) is 30.4 Å². The zero-order chi connectivity index (χ0) is 17.9. The van der Waals surface area contributed by atoms with Gasteiger partial charge in [0.2, 0.25) is 0 Å². The average molecular weight is 421 g/mol. The fourth-order valence-electron chi connectivity index (χ4n) is 3.69. The fraction of sp³-hybridized carbons (Fsp3) is 0.333. The maximum atomic E-state index is 13.0. The van der Waals surface area contributed by atoms with Gasteiger partial charge in [-0.25, -0.2) is 4.98 Å². The summed E-state index contributed by atoms with van der Waals surface area (Å²) in [7, 11) is 0. The Morgan fingerprint density at radius 2 is 1.93 bits per heavy atom. The summed E-state index contributed by atoms with van der Waals surface area (Å²) in [5.74, 6) is 0.127. The molecule has 1 aliphatic rings. The minimum Gasteiger partial charge on any atom is -0.334 e. The van der Waals surface area contributed by atoms with E-state index in [1.807, 2.05) is 58.3 Å². The van der Waals surface area contributed by atoms with Crippen LogP contribution in [-0.2, 0) is 0 Å². The van der Waals surface area contributed by atoms with Crippen molar-refractivity contribution < 1.29 is 4.79 Å². The van der Waals surface area contributed by atoms with Crippen LogP contribution >= 0.6 is 24.8 Å². The molecule has 1 unspecified atom stereocenters. The summed E-state index contributed by atoms with van der Waals surface area (Å²) in [5.41, 5.74) is 3.80. The Balaban J connectivity index is 0.00000140. The van der Waals surface area contributed by atoms with Crippen molar-refractivity contribution in [2.75, 3.05) is 19.6 Å². The van der Waals surface area contributed by atoms with Crippen molar-refractivity contribution in [2.45, 2.75) is 25.8 Å². The second kappa shape index (κ2) is 9.92. The van der Waals surface area contributed by atoms with Crippen LogP contribution < -0.4 is 5.32 Å². The van der Waals surface area contributed by atoms with Crippen LogP contribution in [0.15, 0.2) is 54.9 Å². The van der Waals surface area contributed by atoms with Gasteiger partial charge >= 0.3 is 0 Å². The smallest absolute Gasteiger partial charge is 0.254 e. The molecule has 0 saturated carbocycles. The molecule has 0 spiro atoms. The lowest BCUT2D eigenvalue weighted by Gasteiger charge is -2.28. The largest absolute Gasteiger partial charge is 0.334 e. The standard InChI is InChI=1S/C21H24N4O.2ClH/c1-2-13-24(18-11-12-22-14-18)21(26)16-7-9-17(10-8-16)25-15-23-19-5-3-4-6-20(19)25;;/h3-10,15,18,22H,2,11-14H2,1H3;2*1H. The van der Waals surface area contributed by atoms with E-state index < -0.39 is 0 Å². The van der Waals surface area contributed by atoms with Gasteiger partial charge in [0.15, 0.2) is 0 Å². The van der Waals surface area contributed by atoms with Crippen LogP contribution in [-0.4, -0.2) is 46.0 Å². The summed E-state index contributed by atoms with van der Waals surface area (Å²) in [6.07, 6.45) is 3.83. The number of carbonyl (C=O) groups excluding carboxylic acids is 1. The van der Waals surface area contributed by atoms with Gasteiger partial charge in [0.1, 0.15) is 6.33 Å². The summed E-state index contributed by atoms with van der Waals surface area (Å²) < 4.78 is 2.05. The lowest BCUT2D eigenvalue weighted by Crippen LogP contribution is -2.42. The Morgan fingerprint density at radius 1 is 1.18 bits per heavy atom.